The lowest BCUT2D eigenvalue weighted by atomic mass is 9.73. The first-order valence-electron chi connectivity index (χ1n) is 10.4. The average Bonchev–Trinajstić information content (AvgIpc) is 2.64. The SMILES string of the molecule is Cc1c(C)c(CC2CCC(CC3CCCCC3)CC2)c(F)c(C)c1Br. The van der Waals surface area contributed by atoms with Crippen LogP contribution in [0.5, 0.6) is 0 Å². The standard InChI is InChI=1S/C23H34BrF/c1-15-16(2)22(24)17(3)23(25)21(15)14-20-11-9-19(10-12-20)13-18-7-5-4-6-8-18/h18-20H,4-14H2,1-3H3. The average molecular weight is 409 g/mol. The molecule has 0 unspecified atom stereocenters. The zero-order valence-electron chi connectivity index (χ0n) is 16.3. The Morgan fingerprint density at radius 3 is 1.96 bits per heavy atom. The first-order valence-corrected chi connectivity index (χ1v) is 11.2. The monoisotopic (exact) mass is 408 g/mol. The zero-order valence-corrected chi connectivity index (χ0v) is 17.9. The van der Waals surface area contributed by atoms with E-state index in [2.05, 4.69) is 29.8 Å². The van der Waals surface area contributed by atoms with Gasteiger partial charge in [-0.25, -0.2) is 4.39 Å². The smallest absolute Gasteiger partial charge is 0.130 e. The fourth-order valence-electron chi connectivity index (χ4n) is 5.26. The van der Waals surface area contributed by atoms with Crippen molar-refractivity contribution in [1.29, 1.82) is 0 Å². The summed E-state index contributed by atoms with van der Waals surface area (Å²) in [5.74, 6) is 2.65. The van der Waals surface area contributed by atoms with E-state index in [1.54, 1.807) is 0 Å². The highest BCUT2D eigenvalue weighted by atomic mass is 79.9. The molecule has 0 nitrogen and oxygen atoms in total. The number of hydrogen-bond donors (Lipinski definition) is 0. The lowest BCUT2D eigenvalue weighted by Crippen LogP contribution is -2.20. The largest absolute Gasteiger partial charge is 0.206 e. The topological polar surface area (TPSA) is 0 Å². The summed E-state index contributed by atoms with van der Waals surface area (Å²) in [7, 11) is 0. The molecule has 1 aromatic carbocycles. The van der Waals surface area contributed by atoms with Crippen molar-refractivity contribution in [2.24, 2.45) is 17.8 Å². The first kappa shape index (κ1) is 19.4. The molecule has 0 bridgehead atoms. The Morgan fingerprint density at radius 1 is 0.760 bits per heavy atom. The van der Waals surface area contributed by atoms with Crippen molar-refractivity contribution in [1.82, 2.24) is 0 Å². The Kier molecular flexibility index (Phi) is 6.63. The molecule has 2 aliphatic rings. The van der Waals surface area contributed by atoms with E-state index in [1.165, 1.54) is 69.8 Å². The fraction of sp³-hybridized carbons (Fsp3) is 0.739. The van der Waals surface area contributed by atoms with Crippen LogP contribution in [0, 0.1) is 44.3 Å². The number of hydrogen-bond acceptors (Lipinski definition) is 0. The van der Waals surface area contributed by atoms with E-state index < -0.39 is 0 Å². The Morgan fingerprint density at radius 2 is 1.32 bits per heavy atom. The van der Waals surface area contributed by atoms with Gasteiger partial charge < -0.3 is 0 Å². The van der Waals surface area contributed by atoms with Gasteiger partial charge in [-0.1, -0.05) is 60.9 Å². The molecule has 1 aromatic rings. The Hall–Kier alpha value is -0.370. The Balaban J connectivity index is 1.57. The summed E-state index contributed by atoms with van der Waals surface area (Å²) in [5.41, 5.74) is 4.12. The summed E-state index contributed by atoms with van der Waals surface area (Å²) in [6.07, 6.45) is 15.1. The van der Waals surface area contributed by atoms with E-state index >= 15 is 0 Å². The molecular weight excluding hydrogens is 375 g/mol. The predicted molar refractivity (Wildman–Crippen MR) is 109 cm³/mol. The molecule has 0 amide bonds. The van der Waals surface area contributed by atoms with E-state index in [9.17, 15) is 4.39 Å². The fourth-order valence-corrected chi connectivity index (χ4v) is 5.73. The maximum Gasteiger partial charge on any atom is 0.130 e. The second kappa shape index (κ2) is 8.55. The van der Waals surface area contributed by atoms with Crippen LogP contribution in [0.4, 0.5) is 4.39 Å². The third-order valence-electron chi connectivity index (χ3n) is 7.12. The van der Waals surface area contributed by atoms with E-state index in [4.69, 9.17) is 0 Å². The maximum atomic E-state index is 14.8. The van der Waals surface area contributed by atoms with Crippen LogP contribution in [0.2, 0.25) is 0 Å². The van der Waals surface area contributed by atoms with Crippen molar-refractivity contribution >= 4 is 15.9 Å². The highest BCUT2D eigenvalue weighted by molar-refractivity contribution is 9.10. The van der Waals surface area contributed by atoms with Crippen LogP contribution in [-0.2, 0) is 6.42 Å². The van der Waals surface area contributed by atoms with E-state index in [0.29, 0.717) is 5.92 Å². The van der Waals surface area contributed by atoms with Crippen LogP contribution in [-0.4, -0.2) is 0 Å². The van der Waals surface area contributed by atoms with Gasteiger partial charge in [-0.2, -0.15) is 0 Å². The van der Waals surface area contributed by atoms with Crippen molar-refractivity contribution in [3.63, 3.8) is 0 Å². The zero-order chi connectivity index (χ0) is 18.0. The third kappa shape index (κ3) is 4.49. The van der Waals surface area contributed by atoms with E-state index in [0.717, 1.165) is 39.4 Å². The molecule has 0 N–H and O–H groups in total. The van der Waals surface area contributed by atoms with Gasteiger partial charge in [0.2, 0.25) is 0 Å². The van der Waals surface area contributed by atoms with Crippen LogP contribution in [0.3, 0.4) is 0 Å². The molecule has 0 saturated heterocycles. The molecule has 0 radical (unpaired) electrons. The second-order valence-corrected chi connectivity index (χ2v) is 9.61. The van der Waals surface area contributed by atoms with Crippen molar-refractivity contribution in [2.45, 2.75) is 91.4 Å². The molecule has 0 spiro atoms. The van der Waals surface area contributed by atoms with E-state index in [1.807, 2.05) is 6.92 Å². The molecule has 0 aromatic heterocycles. The highest BCUT2D eigenvalue weighted by Crippen LogP contribution is 2.39. The van der Waals surface area contributed by atoms with Gasteiger partial charge in [-0.3, -0.25) is 0 Å². The van der Waals surface area contributed by atoms with Gasteiger partial charge in [0.15, 0.2) is 0 Å². The third-order valence-corrected chi connectivity index (χ3v) is 8.31. The van der Waals surface area contributed by atoms with Gasteiger partial charge in [-0.15, -0.1) is 0 Å². The molecule has 2 aliphatic carbocycles. The van der Waals surface area contributed by atoms with Gasteiger partial charge in [0.25, 0.3) is 0 Å². The van der Waals surface area contributed by atoms with Crippen LogP contribution in [0.25, 0.3) is 0 Å². The van der Waals surface area contributed by atoms with Crippen molar-refractivity contribution in [3.8, 4) is 0 Å². The van der Waals surface area contributed by atoms with Crippen LogP contribution < -0.4 is 0 Å². The molecule has 25 heavy (non-hydrogen) atoms. The Labute approximate surface area is 162 Å². The lowest BCUT2D eigenvalue weighted by molar-refractivity contribution is 0.210. The minimum Gasteiger partial charge on any atom is -0.206 e. The number of benzene rings is 1. The summed E-state index contributed by atoms with van der Waals surface area (Å²) >= 11 is 3.56. The van der Waals surface area contributed by atoms with Crippen molar-refractivity contribution in [2.75, 3.05) is 0 Å². The van der Waals surface area contributed by atoms with Crippen molar-refractivity contribution in [3.05, 3.63) is 32.5 Å². The van der Waals surface area contributed by atoms with Gasteiger partial charge in [0.1, 0.15) is 5.82 Å². The molecule has 3 rings (SSSR count). The molecule has 0 aliphatic heterocycles. The molecular formula is C23H34BrF. The molecule has 2 heteroatoms. The van der Waals surface area contributed by atoms with Crippen molar-refractivity contribution < 1.29 is 4.39 Å². The minimum atomic E-state index is 0.0271. The lowest BCUT2D eigenvalue weighted by Gasteiger charge is -2.32. The van der Waals surface area contributed by atoms with Gasteiger partial charge in [0, 0.05) is 4.47 Å². The number of rotatable bonds is 4. The minimum absolute atomic E-state index is 0.0271. The van der Waals surface area contributed by atoms with Gasteiger partial charge >= 0.3 is 0 Å². The molecule has 140 valence electrons. The predicted octanol–water partition coefficient (Wildman–Crippen LogP) is 7.83. The first-order chi connectivity index (χ1) is 12.0. The molecule has 0 atom stereocenters. The van der Waals surface area contributed by atoms with Gasteiger partial charge in [-0.05, 0) is 86.5 Å². The number of halogens is 2. The summed E-state index contributed by atoms with van der Waals surface area (Å²) in [6.45, 7) is 6.10. The summed E-state index contributed by atoms with van der Waals surface area (Å²) in [5, 5.41) is 0. The Bertz CT molecular complexity index is 564. The molecule has 2 fully saturated rings. The quantitative estimate of drug-likeness (QED) is 0.475. The normalized spacial score (nSPS) is 25.3. The maximum absolute atomic E-state index is 14.8. The highest BCUT2D eigenvalue weighted by Gasteiger charge is 2.26. The van der Waals surface area contributed by atoms with Gasteiger partial charge in [0.05, 0.1) is 0 Å². The van der Waals surface area contributed by atoms with Crippen LogP contribution in [0.1, 0.15) is 86.5 Å². The molecule has 2 saturated carbocycles. The molecule has 0 heterocycles. The second-order valence-electron chi connectivity index (χ2n) is 8.81. The van der Waals surface area contributed by atoms with Crippen LogP contribution >= 0.6 is 15.9 Å². The summed E-state index contributed by atoms with van der Waals surface area (Å²) in [4.78, 5) is 0. The summed E-state index contributed by atoms with van der Waals surface area (Å²) < 4.78 is 15.8. The summed E-state index contributed by atoms with van der Waals surface area (Å²) in [6, 6.07) is 0. The van der Waals surface area contributed by atoms with E-state index in [-0.39, 0.29) is 5.82 Å². The van der Waals surface area contributed by atoms with Crippen LogP contribution in [0.15, 0.2) is 4.47 Å².